The highest BCUT2D eigenvalue weighted by atomic mass is 16.5. The van der Waals surface area contributed by atoms with Gasteiger partial charge in [-0.15, -0.1) is 0 Å². The number of benzene rings is 1. The molecule has 1 aromatic rings. The number of carbonyl (C=O) groups is 1. The number of ether oxygens (including phenoxy) is 1. The van der Waals surface area contributed by atoms with Crippen LogP contribution in [-0.4, -0.2) is 53.9 Å². The minimum absolute atomic E-state index is 0.128. The first kappa shape index (κ1) is 17.8. The second kappa shape index (κ2) is 6.66. The molecule has 5 aliphatic rings. The van der Waals surface area contributed by atoms with Gasteiger partial charge in [-0.1, -0.05) is 0 Å². The number of anilines is 1. The molecule has 28 heavy (non-hydrogen) atoms. The molecule has 0 aliphatic carbocycles. The molecular weight excluding hydrogens is 352 g/mol. The van der Waals surface area contributed by atoms with E-state index in [0.717, 1.165) is 57.3 Å². The summed E-state index contributed by atoms with van der Waals surface area (Å²) in [5.41, 5.74) is 1.68. The summed E-state index contributed by atoms with van der Waals surface area (Å²) < 4.78 is 6.01. The molecule has 0 radical (unpaired) electrons. The van der Waals surface area contributed by atoms with Crippen molar-refractivity contribution in [2.24, 2.45) is 0 Å². The van der Waals surface area contributed by atoms with E-state index in [-0.39, 0.29) is 11.6 Å². The van der Waals surface area contributed by atoms with Gasteiger partial charge in [0.1, 0.15) is 0 Å². The molecule has 0 atom stereocenters. The van der Waals surface area contributed by atoms with Gasteiger partial charge >= 0.3 is 6.03 Å². The summed E-state index contributed by atoms with van der Waals surface area (Å²) >= 11 is 0. The van der Waals surface area contributed by atoms with Crippen molar-refractivity contribution in [1.29, 1.82) is 5.26 Å². The molecule has 6 rings (SSSR count). The van der Waals surface area contributed by atoms with Gasteiger partial charge in [0.15, 0.2) is 0 Å². The quantitative estimate of drug-likeness (QED) is 0.856. The van der Waals surface area contributed by atoms with E-state index in [2.05, 4.69) is 28.1 Å². The molecule has 1 aromatic carbocycles. The van der Waals surface area contributed by atoms with Crippen molar-refractivity contribution in [3.8, 4) is 6.07 Å². The number of rotatable bonds is 2. The monoisotopic (exact) mass is 380 g/mol. The highest BCUT2D eigenvalue weighted by molar-refractivity contribution is 5.76. The lowest BCUT2D eigenvalue weighted by Crippen LogP contribution is -2.67. The number of nitrogens with one attached hydrogen (secondary N) is 1. The predicted octanol–water partition coefficient (Wildman–Crippen LogP) is 3.02. The molecule has 0 saturated carbocycles. The maximum Gasteiger partial charge on any atom is 0.318 e. The number of amides is 2. The smallest absolute Gasteiger partial charge is 0.318 e. The summed E-state index contributed by atoms with van der Waals surface area (Å²) in [7, 11) is 0. The van der Waals surface area contributed by atoms with Gasteiger partial charge in [-0.3, -0.25) is 0 Å². The Kier molecular flexibility index (Phi) is 4.24. The summed E-state index contributed by atoms with van der Waals surface area (Å²) in [6.07, 6.45) is 6.61. The largest absolute Gasteiger partial charge is 0.375 e. The maximum absolute atomic E-state index is 13.2. The molecule has 0 aromatic heterocycles. The summed E-state index contributed by atoms with van der Waals surface area (Å²) in [6, 6.07) is 10.8. The Bertz CT molecular complexity index is 764. The van der Waals surface area contributed by atoms with Gasteiger partial charge in [0.2, 0.25) is 0 Å². The third-order valence-corrected chi connectivity index (χ3v) is 7.18. The van der Waals surface area contributed by atoms with Crippen LogP contribution < -0.4 is 10.2 Å². The fraction of sp³-hybridized carbons (Fsp3) is 0.636. The van der Waals surface area contributed by atoms with Gasteiger partial charge in [0, 0.05) is 36.4 Å². The summed E-state index contributed by atoms with van der Waals surface area (Å²) in [6.45, 7) is 4.00. The Hall–Kier alpha value is -2.26. The second-order valence-corrected chi connectivity index (χ2v) is 9.17. The Morgan fingerprint density at radius 1 is 1.11 bits per heavy atom. The molecule has 0 unspecified atom stereocenters. The molecule has 6 nitrogen and oxygen atoms in total. The van der Waals surface area contributed by atoms with Gasteiger partial charge in [0.25, 0.3) is 0 Å². The number of nitriles is 1. The van der Waals surface area contributed by atoms with Crippen LogP contribution in [0.4, 0.5) is 10.5 Å². The molecule has 6 heteroatoms. The SMILES string of the molecule is CC1(NC(=O)N2C3CC4CC2CC(C3)O4)CCN(c2ccc(C#N)cc2)CC1. The molecule has 5 aliphatic heterocycles. The molecule has 5 saturated heterocycles. The van der Waals surface area contributed by atoms with Crippen LogP contribution in [0.1, 0.15) is 51.0 Å². The average Bonchev–Trinajstić information content (AvgIpc) is 2.67. The number of hydrogen-bond acceptors (Lipinski definition) is 4. The van der Waals surface area contributed by atoms with Crippen molar-refractivity contribution in [3.05, 3.63) is 29.8 Å². The van der Waals surface area contributed by atoms with Crippen molar-refractivity contribution in [2.75, 3.05) is 18.0 Å². The minimum atomic E-state index is -0.161. The van der Waals surface area contributed by atoms with Gasteiger partial charge in [-0.05, 0) is 69.7 Å². The number of nitrogens with zero attached hydrogens (tertiary/aromatic N) is 3. The molecule has 148 valence electrons. The van der Waals surface area contributed by atoms with Crippen LogP contribution in [0.25, 0.3) is 0 Å². The van der Waals surface area contributed by atoms with Gasteiger partial charge in [-0.25, -0.2) is 4.79 Å². The first-order valence-electron chi connectivity index (χ1n) is 10.5. The second-order valence-electron chi connectivity index (χ2n) is 9.17. The van der Waals surface area contributed by atoms with Crippen molar-refractivity contribution in [2.45, 2.75) is 75.3 Å². The number of hydrogen-bond donors (Lipinski definition) is 1. The van der Waals surface area contributed by atoms with E-state index < -0.39 is 0 Å². The Morgan fingerprint density at radius 2 is 1.68 bits per heavy atom. The van der Waals surface area contributed by atoms with Crippen LogP contribution in [0.15, 0.2) is 24.3 Å². The zero-order chi connectivity index (χ0) is 19.3. The van der Waals surface area contributed by atoms with Gasteiger partial charge < -0.3 is 19.9 Å². The van der Waals surface area contributed by atoms with E-state index in [4.69, 9.17) is 10.00 Å². The van der Waals surface area contributed by atoms with E-state index in [1.165, 1.54) is 0 Å². The van der Waals surface area contributed by atoms with Crippen LogP contribution >= 0.6 is 0 Å². The third kappa shape index (κ3) is 3.12. The topological polar surface area (TPSA) is 68.6 Å². The molecule has 5 heterocycles. The predicted molar refractivity (Wildman–Crippen MR) is 106 cm³/mol. The summed E-state index contributed by atoms with van der Waals surface area (Å²) in [4.78, 5) is 17.6. The molecule has 5 fully saturated rings. The van der Waals surface area contributed by atoms with Gasteiger partial charge in [-0.2, -0.15) is 5.26 Å². The van der Waals surface area contributed by atoms with Crippen molar-refractivity contribution in [1.82, 2.24) is 10.2 Å². The number of piperidine rings is 3. The fourth-order valence-electron chi connectivity index (χ4n) is 5.63. The van der Waals surface area contributed by atoms with E-state index in [1.54, 1.807) is 0 Å². The molecule has 0 spiro atoms. The van der Waals surface area contributed by atoms with Crippen LogP contribution in [0.3, 0.4) is 0 Å². The molecular formula is C22H28N4O2. The first-order valence-corrected chi connectivity index (χ1v) is 10.5. The number of urea groups is 1. The van der Waals surface area contributed by atoms with Crippen molar-refractivity contribution < 1.29 is 9.53 Å². The Balaban J connectivity index is 1.20. The lowest BCUT2D eigenvalue weighted by molar-refractivity contribution is -0.168. The Morgan fingerprint density at radius 3 is 2.21 bits per heavy atom. The van der Waals surface area contributed by atoms with Crippen LogP contribution in [-0.2, 0) is 4.74 Å². The summed E-state index contributed by atoms with van der Waals surface area (Å²) in [5, 5.41) is 12.4. The zero-order valence-electron chi connectivity index (χ0n) is 16.4. The molecule has 1 N–H and O–H groups in total. The van der Waals surface area contributed by atoms with E-state index in [0.29, 0.717) is 29.9 Å². The van der Waals surface area contributed by atoms with Gasteiger partial charge in [0.05, 0.1) is 23.8 Å². The van der Waals surface area contributed by atoms with Crippen LogP contribution in [0, 0.1) is 11.3 Å². The molecule has 4 bridgehead atoms. The van der Waals surface area contributed by atoms with E-state index in [9.17, 15) is 4.79 Å². The first-order chi connectivity index (χ1) is 13.5. The normalized spacial score (nSPS) is 32.9. The third-order valence-electron chi connectivity index (χ3n) is 7.18. The Labute approximate surface area is 166 Å². The van der Waals surface area contributed by atoms with Crippen LogP contribution in [0.2, 0.25) is 0 Å². The zero-order valence-corrected chi connectivity index (χ0v) is 16.4. The highest BCUT2D eigenvalue weighted by Gasteiger charge is 2.50. The lowest BCUT2D eigenvalue weighted by atomic mass is 9.78. The summed E-state index contributed by atoms with van der Waals surface area (Å²) in [5.74, 6) is 0. The standard InChI is InChI=1S/C22H28N4O2/c1-22(6-8-25(9-7-22)16-4-2-15(14-23)3-5-16)24-21(27)26-17-10-19-12-18(26)13-20(11-17)28-19/h2-5,17-20H,6-13H2,1H3,(H,24,27). The fourth-order valence-corrected chi connectivity index (χ4v) is 5.63. The molecule has 2 amide bonds. The highest BCUT2D eigenvalue weighted by Crippen LogP contribution is 2.42. The van der Waals surface area contributed by atoms with E-state index in [1.807, 2.05) is 24.3 Å². The maximum atomic E-state index is 13.2. The number of carbonyl (C=O) groups excluding carboxylic acids is 1. The van der Waals surface area contributed by atoms with E-state index >= 15 is 0 Å². The van der Waals surface area contributed by atoms with Crippen LogP contribution in [0.5, 0.6) is 0 Å². The van der Waals surface area contributed by atoms with Crippen molar-refractivity contribution in [3.63, 3.8) is 0 Å². The lowest BCUT2D eigenvalue weighted by Gasteiger charge is -2.56. The van der Waals surface area contributed by atoms with Crippen molar-refractivity contribution >= 4 is 11.7 Å². The average molecular weight is 380 g/mol. The minimum Gasteiger partial charge on any atom is -0.375 e.